The number of hydrogen-bond acceptors (Lipinski definition) is 3. The molecule has 0 spiro atoms. The summed E-state index contributed by atoms with van der Waals surface area (Å²) in [5, 5.41) is 9.73. The molecule has 1 aliphatic rings. The Bertz CT molecular complexity index is 196. The minimum Gasteiger partial charge on any atom is -0.389 e. The van der Waals surface area contributed by atoms with E-state index in [1.165, 1.54) is 0 Å². The van der Waals surface area contributed by atoms with Crippen molar-refractivity contribution in [2.45, 2.75) is 45.8 Å². The Kier molecular flexibility index (Phi) is 3.24. The van der Waals surface area contributed by atoms with E-state index in [1.807, 2.05) is 13.8 Å². The van der Waals surface area contributed by atoms with Gasteiger partial charge in [-0.1, -0.05) is 13.8 Å². The summed E-state index contributed by atoms with van der Waals surface area (Å²) in [4.78, 5) is 2.31. The number of β-amino-alcohol motifs (C(OH)–C–C–N with tert-alkyl or cyclic N) is 1. The fourth-order valence-electron chi connectivity index (χ4n) is 2.17. The van der Waals surface area contributed by atoms with E-state index >= 15 is 0 Å². The van der Waals surface area contributed by atoms with Crippen molar-refractivity contribution in [1.82, 2.24) is 4.90 Å². The van der Waals surface area contributed by atoms with Gasteiger partial charge >= 0.3 is 0 Å². The largest absolute Gasteiger partial charge is 0.389 e. The van der Waals surface area contributed by atoms with Gasteiger partial charge in [0.2, 0.25) is 0 Å². The summed E-state index contributed by atoms with van der Waals surface area (Å²) >= 11 is 0. The molecule has 1 saturated heterocycles. The third-order valence-corrected chi connectivity index (χ3v) is 3.00. The molecule has 0 radical (unpaired) electrons. The first-order chi connectivity index (χ1) is 6.21. The van der Waals surface area contributed by atoms with E-state index in [0.717, 1.165) is 26.1 Å². The van der Waals surface area contributed by atoms with Gasteiger partial charge in [-0.15, -0.1) is 0 Å². The molecule has 1 rings (SSSR count). The molecule has 1 aliphatic heterocycles. The zero-order valence-corrected chi connectivity index (χ0v) is 9.88. The molecule has 1 unspecified atom stereocenters. The van der Waals surface area contributed by atoms with E-state index in [2.05, 4.69) is 18.7 Å². The van der Waals surface area contributed by atoms with E-state index < -0.39 is 5.60 Å². The highest BCUT2D eigenvalue weighted by Crippen LogP contribution is 2.28. The van der Waals surface area contributed by atoms with Crippen LogP contribution in [0.15, 0.2) is 0 Å². The Balaban J connectivity index is 2.52. The molecule has 0 bridgehead atoms. The SMILES string of the molecule is CC(C)(O)CN1CCC(N)C(C)(C)C1. The van der Waals surface area contributed by atoms with Crippen LogP contribution in [0.1, 0.15) is 34.1 Å². The van der Waals surface area contributed by atoms with Crippen molar-refractivity contribution < 1.29 is 5.11 Å². The molecule has 14 heavy (non-hydrogen) atoms. The molecule has 1 atom stereocenters. The fraction of sp³-hybridized carbons (Fsp3) is 1.00. The molecule has 1 heterocycles. The number of nitrogens with zero attached hydrogens (tertiary/aromatic N) is 1. The van der Waals surface area contributed by atoms with Crippen molar-refractivity contribution in [3.8, 4) is 0 Å². The normalized spacial score (nSPS) is 29.1. The van der Waals surface area contributed by atoms with Gasteiger partial charge in [0.25, 0.3) is 0 Å². The Morgan fingerprint density at radius 2 is 2.07 bits per heavy atom. The number of nitrogens with two attached hydrogens (primary N) is 1. The van der Waals surface area contributed by atoms with E-state index in [-0.39, 0.29) is 5.41 Å². The third-order valence-electron chi connectivity index (χ3n) is 3.00. The predicted molar refractivity (Wildman–Crippen MR) is 59.1 cm³/mol. The van der Waals surface area contributed by atoms with Gasteiger partial charge in [0, 0.05) is 19.1 Å². The lowest BCUT2D eigenvalue weighted by molar-refractivity contribution is 0.00335. The van der Waals surface area contributed by atoms with Crippen LogP contribution in [0.5, 0.6) is 0 Å². The maximum absolute atomic E-state index is 9.73. The van der Waals surface area contributed by atoms with Gasteiger partial charge in [-0.25, -0.2) is 0 Å². The van der Waals surface area contributed by atoms with Crippen LogP contribution in [0, 0.1) is 5.41 Å². The summed E-state index contributed by atoms with van der Waals surface area (Å²) in [5.74, 6) is 0. The molecule has 0 saturated carbocycles. The highest BCUT2D eigenvalue weighted by atomic mass is 16.3. The molecule has 3 N–H and O–H groups in total. The Morgan fingerprint density at radius 3 is 2.50 bits per heavy atom. The van der Waals surface area contributed by atoms with Crippen LogP contribution >= 0.6 is 0 Å². The fourth-order valence-corrected chi connectivity index (χ4v) is 2.17. The van der Waals surface area contributed by atoms with Gasteiger partial charge in [-0.3, -0.25) is 4.90 Å². The highest BCUT2D eigenvalue weighted by molar-refractivity contribution is 4.91. The summed E-state index contributed by atoms with van der Waals surface area (Å²) in [7, 11) is 0. The molecule has 84 valence electrons. The quantitative estimate of drug-likeness (QED) is 0.694. The van der Waals surface area contributed by atoms with Crippen molar-refractivity contribution in [1.29, 1.82) is 0 Å². The van der Waals surface area contributed by atoms with Crippen LogP contribution in [-0.4, -0.2) is 41.3 Å². The minimum atomic E-state index is -0.600. The van der Waals surface area contributed by atoms with Gasteiger partial charge in [-0.2, -0.15) is 0 Å². The summed E-state index contributed by atoms with van der Waals surface area (Å²) in [6, 6.07) is 0.292. The summed E-state index contributed by atoms with van der Waals surface area (Å²) in [6.45, 7) is 10.8. The van der Waals surface area contributed by atoms with Crippen molar-refractivity contribution in [3.05, 3.63) is 0 Å². The lowest BCUT2D eigenvalue weighted by atomic mass is 9.79. The average molecular weight is 200 g/mol. The second kappa shape index (κ2) is 3.80. The van der Waals surface area contributed by atoms with Crippen LogP contribution in [0.2, 0.25) is 0 Å². The third kappa shape index (κ3) is 3.23. The van der Waals surface area contributed by atoms with E-state index in [4.69, 9.17) is 5.73 Å². The molecule has 1 fully saturated rings. The second-order valence-electron chi connectivity index (χ2n) is 5.91. The molecule has 3 heteroatoms. The zero-order valence-electron chi connectivity index (χ0n) is 9.88. The van der Waals surface area contributed by atoms with Crippen LogP contribution < -0.4 is 5.73 Å². The summed E-state index contributed by atoms with van der Waals surface area (Å²) in [6.07, 6.45) is 1.03. The predicted octanol–water partition coefficient (Wildman–Crippen LogP) is 0.816. The lowest BCUT2D eigenvalue weighted by Gasteiger charge is -2.44. The van der Waals surface area contributed by atoms with Gasteiger partial charge in [-0.05, 0) is 32.2 Å². The first-order valence-corrected chi connectivity index (χ1v) is 5.41. The Morgan fingerprint density at radius 1 is 1.50 bits per heavy atom. The number of hydrogen-bond donors (Lipinski definition) is 2. The molecule has 0 aromatic heterocycles. The highest BCUT2D eigenvalue weighted by Gasteiger charge is 2.34. The average Bonchev–Trinajstić information content (AvgIpc) is 1.93. The number of aliphatic hydroxyl groups is 1. The summed E-state index contributed by atoms with van der Waals surface area (Å²) in [5.41, 5.74) is 5.62. The molecule has 0 aromatic rings. The zero-order chi connectivity index (χ0) is 11.0. The first kappa shape index (κ1) is 12.0. The smallest absolute Gasteiger partial charge is 0.0718 e. The Labute approximate surface area is 87.3 Å². The van der Waals surface area contributed by atoms with Crippen molar-refractivity contribution in [2.24, 2.45) is 11.1 Å². The van der Waals surface area contributed by atoms with Crippen molar-refractivity contribution >= 4 is 0 Å². The van der Waals surface area contributed by atoms with Gasteiger partial charge in [0.15, 0.2) is 0 Å². The van der Waals surface area contributed by atoms with Gasteiger partial charge < -0.3 is 10.8 Å². The first-order valence-electron chi connectivity index (χ1n) is 5.41. The maximum Gasteiger partial charge on any atom is 0.0718 e. The molecule has 0 aromatic carbocycles. The second-order valence-corrected chi connectivity index (χ2v) is 5.91. The molecular weight excluding hydrogens is 176 g/mol. The van der Waals surface area contributed by atoms with Gasteiger partial charge in [0.1, 0.15) is 0 Å². The van der Waals surface area contributed by atoms with Crippen molar-refractivity contribution in [3.63, 3.8) is 0 Å². The Hall–Kier alpha value is -0.120. The van der Waals surface area contributed by atoms with Crippen LogP contribution in [0.3, 0.4) is 0 Å². The van der Waals surface area contributed by atoms with Crippen LogP contribution in [0.25, 0.3) is 0 Å². The van der Waals surface area contributed by atoms with Crippen LogP contribution in [-0.2, 0) is 0 Å². The molecule has 0 aliphatic carbocycles. The monoisotopic (exact) mass is 200 g/mol. The standard InChI is InChI=1S/C11H24N2O/c1-10(2)7-13(6-5-9(10)12)8-11(3,4)14/h9,14H,5-8,12H2,1-4H3. The molecular formula is C11H24N2O. The maximum atomic E-state index is 9.73. The lowest BCUT2D eigenvalue weighted by Crippen LogP contribution is -2.54. The minimum absolute atomic E-state index is 0.170. The molecule has 0 amide bonds. The van der Waals surface area contributed by atoms with Crippen LogP contribution in [0.4, 0.5) is 0 Å². The van der Waals surface area contributed by atoms with E-state index in [9.17, 15) is 5.11 Å². The number of likely N-dealkylation sites (tertiary alicyclic amines) is 1. The molecule has 3 nitrogen and oxygen atoms in total. The number of rotatable bonds is 2. The van der Waals surface area contributed by atoms with E-state index in [1.54, 1.807) is 0 Å². The summed E-state index contributed by atoms with van der Waals surface area (Å²) < 4.78 is 0. The van der Waals surface area contributed by atoms with Gasteiger partial charge in [0.05, 0.1) is 5.60 Å². The van der Waals surface area contributed by atoms with Crippen molar-refractivity contribution in [2.75, 3.05) is 19.6 Å². The number of piperidine rings is 1. The van der Waals surface area contributed by atoms with E-state index in [0.29, 0.717) is 6.04 Å². The topological polar surface area (TPSA) is 49.5 Å².